The smallest absolute Gasteiger partial charge is 0.276 e. The van der Waals surface area contributed by atoms with Gasteiger partial charge in [-0.05, 0) is 6.92 Å². The van der Waals surface area contributed by atoms with Crippen molar-refractivity contribution in [3.05, 3.63) is 11.8 Å². The summed E-state index contributed by atoms with van der Waals surface area (Å²) in [4.78, 5) is 10.4. The van der Waals surface area contributed by atoms with Gasteiger partial charge >= 0.3 is 0 Å². The molecule has 8 heavy (non-hydrogen) atoms. The second-order valence-electron chi connectivity index (χ2n) is 1.18. The highest BCUT2D eigenvalue weighted by atomic mass is 32.1. The molecule has 0 bridgehead atoms. The lowest BCUT2D eigenvalue weighted by Gasteiger charge is -1.93. The molecule has 0 saturated carbocycles. The van der Waals surface area contributed by atoms with E-state index in [4.69, 9.17) is 5.73 Å². The number of allylic oxidation sites excluding steroid dienone is 1. The molecule has 0 spiro atoms. The van der Waals surface area contributed by atoms with E-state index in [2.05, 4.69) is 17.5 Å². The van der Waals surface area contributed by atoms with E-state index in [0.29, 0.717) is 0 Å². The highest BCUT2D eigenvalue weighted by molar-refractivity contribution is 7.78. The fraction of sp³-hybridized carbons (Fsp3) is 0.250. The van der Waals surface area contributed by atoms with Gasteiger partial charge in [0.25, 0.3) is 5.91 Å². The predicted molar refractivity (Wildman–Crippen MR) is 35.1 cm³/mol. The molecule has 0 rings (SSSR count). The molecule has 3 N–H and O–H groups in total. The van der Waals surface area contributed by atoms with Gasteiger partial charge in [-0.25, -0.2) is 0 Å². The van der Waals surface area contributed by atoms with Crippen LogP contribution in [-0.2, 0) is 4.79 Å². The summed E-state index contributed by atoms with van der Waals surface area (Å²) in [6, 6.07) is 0. The maximum Gasteiger partial charge on any atom is 0.276 e. The molecule has 0 saturated heterocycles. The van der Waals surface area contributed by atoms with Gasteiger partial charge in [0.05, 0.1) is 5.70 Å². The van der Waals surface area contributed by atoms with Crippen LogP contribution in [0.5, 0.6) is 0 Å². The molecule has 0 aliphatic heterocycles. The van der Waals surface area contributed by atoms with Gasteiger partial charge in [-0.2, -0.15) is 0 Å². The average molecular weight is 132 g/mol. The third-order valence-electron chi connectivity index (χ3n) is 0.675. The van der Waals surface area contributed by atoms with Gasteiger partial charge in [0, 0.05) is 0 Å². The Morgan fingerprint density at radius 2 is 2.38 bits per heavy atom. The Bertz CT molecular complexity index is 121. The molecular formula is C4H8N2OS. The molecule has 0 unspecified atom stereocenters. The molecule has 1 amide bonds. The molecule has 0 aliphatic carbocycles. The maximum absolute atomic E-state index is 10.4. The number of hydrogen-bond acceptors (Lipinski definition) is 3. The number of rotatable bonds is 1. The van der Waals surface area contributed by atoms with Crippen LogP contribution in [-0.4, -0.2) is 5.91 Å². The van der Waals surface area contributed by atoms with Gasteiger partial charge < -0.3 is 5.73 Å². The number of hydrogen-bond donors (Lipinski definition) is 3. The van der Waals surface area contributed by atoms with E-state index in [1.165, 1.54) is 6.08 Å². The summed E-state index contributed by atoms with van der Waals surface area (Å²) in [5.41, 5.74) is 5.31. The minimum Gasteiger partial charge on any atom is -0.395 e. The van der Waals surface area contributed by atoms with Crippen molar-refractivity contribution in [3.8, 4) is 0 Å². The lowest BCUT2D eigenvalue weighted by atomic mass is 10.4. The van der Waals surface area contributed by atoms with Gasteiger partial charge in [-0.3, -0.25) is 9.52 Å². The van der Waals surface area contributed by atoms with Gasteiger partial charge in [0.15, 0.2) is 0 Å². The number of thiol groups is 1. The highest BCUT2D eigenvalue weighted by Gasteiger charge is 1.97. The molecule has 0 radical (unpaired) electrons. The zero-order valence-corrected chi connectivity index (χ0v) is 5.40. The first kappa shape index (κ1) is 7.36. The molecule has 0 heterocycles. The Kier molecular flexibility index (Phi) is 3.10. The highest BCUT2D eigenvalue weighted by Crippen LogP contribution is 1.81. The average Bonchev–Trinajstić information content (AvgIpc) is 1.84. The van der Waals surface area contributed by atoms with Crippen molar-refractivity contribution in [3.63, 3.8) is 0 Å². The van der Waals surface area contributed by atoms with Gasteiger partial charge in [-0.15, -0.1) is 0 Å². The summed E-state index contributed by atoms with van der Waals surface area (Å²) in [6.07, 6.45) is 1.51. The van der Waals surface area contributed by atoms with Gasteiger partial charge in [-0.1, -0.05) is 18.9 Å². The normalized spacial score (nSPS) is 11.0. The first-order valence-electron chi connectivity index (χ1n) is 2.08. The van der Waals surface area contributed by atoms with Crippen molar-refractivity contribution in [1.82, 2.24) is 4.72 Å². The van der Waals surface area contributed by atoms with E-state index in [-0.39, 0.29) is 11.6 Å². The zero-order valence-electron chi connectivity index (χ0n) is 4.51. The Balaban J connectivity index is 3.83. The monoisotopic (exact) mass is 132 g/mol. The van der Waals surface area contributed by atoms with Crippen molar-refractivity contribution >= 4 is 18.7 Å². The van der Waals surface area contributed by atoms with Crippen LogP contribution in [0.15, 0.2) is 11.8 Å². The third kappa shape index (κ3) is 1.88. The summed E-state index contributed by atoms with van der Waals surface area (Å²) in [5, 5.41) is 0. The standard InChI is InChI=1S/C4H8N2OS/c1-2-3(5)4(7)6-8/h2,8H,5H2,1H3,(H,6,7)/b3-2+. The molecule has 0 fully saturated rings. The lowest BCUT2D eigenvalue weighted by Crippen LogP contribution is -2.20. The van der Waals surface area contributed by atoms with Crippen LogP contribution in [0, 0.1) is 0 Å². The fourth-order valence-corrected chi connectivity index (χ4v) is 0.325. The maximum atomic E-state index is 10.4. The van der Waals surface area contributed by atoms with Crippen molar-refractivity contribution in [2.24, 2.45) is 5.73 Å². The molecule has 3 nitrogen and oxygen atoms in total. The second-order valence-corrected chi connectivity index (χ2v) is 1.41. The van der Waals surface area contributed by atoms with Gasteiger partial charge in [0.2, 0.25) is 0 Å². The number of nitrogens with two attached hydrogens (primary N) is 1. The van der Waals surface area contributed by atoms with Crippen LogP contribution >= 0.6 is 12.8 Å². The summed E-state index contributed by atoms with van der Waals surface area (Å²) in [5.74, 6) is -0.365. The predicted octanol–water partition coefficient (Wildman–Crippen LogP) is -0.190. The topological polar surface area (TPSA) is 55.1 Å². The number of carbonyl (C=O) groups excluding carboxylic acids is 1. The number of nitrogens with one attached hydrogen (secondary N) is 1. The van der Waals surface area contributed by atoms with E-state index in [1.807, 2.05) is 0 Å². The Morgan fingerprint density at radius 1 is 1.88 bits per heavy atom. The van der Waals surface area contributed by atoms with Crippen LogP contribution < -0.4 is 10.5 Å². The Hall–Kier alpha value is -0.640. The van der Waals surface area contributed by atoms with E-state index < -0.39 is 0 Å². The van der Waals surface area contributed by atoms with E-state index in [1.54, 1.807) is 6.92 Å². The van der Waals surface area contributed by atoms with E-state index >= 15 is 0 Å². The largest absolute Gasteiger partial charge is 0.395 e. The van der Waals surface area contributed by atoms with Crippen LogP contribution in [0.1, 0.15) is 6.92 Å². The third-order valence-corrected chi connectivity index (χ3v) is 0.878. The molecule has 0 aromatic carbocycles. The summed E-state index contributed by atoms with van der Waals surface area (Å²) in [6.45, 7) is 1.68. The zero-order chi connectivity index (χ0) is 6.57. The van der Waals surface area contributed by atoms with Crippen LogP contribution in [0.25, 0.3) is 0 Å². The molecule has 0 atom stereocenters. The molecule has 46 valence electrons. The minimum atomic E-state index is -0.365. The second kappa shape index (κ2) is 3.37. The van der Waals surface area contributed by atoms with Crippen molar-refractivity contribution < 1.29 is 4.79 Å². The first-order chi connectivity index (χ1) is 3.72. The van der Waals surface area contributed by atoms with Crippen LogP contribution in [0.3, 0.4) is 0 Å². The number of amides is 1. The minimum absolute atomic E-state index is 0.181. The summed E-state index contributed by atoms with van der Waals surface area (Å²) in [7, 11) is 0. The number of carbonyl (C=O) groups is 1. The lowest BCUT2D eigenvalue weighted by molar-refractivity contribution is -0.115. The van der Waals surface area contributed by atoms with Crippen LogP contribution in [0.4, 0.5) is 0 Å². The summed E-state index contributed by atoms with van der Waals surface area (Å²) >= 11 is 3.49. The fourth-order valence-electron chi connectivity index (χ4n) is 0.196. The molecule has 0 aliphatic rings. The van der Waals surface area contributed by atoms with E-state index in [9.17, 15) is 4.79 Å². The van der Waals surface area contributed by atoms with E-state index in [0.717, 1.165) is 0 Å². The Morgan fingerprint density at radius 3 is 2.50 bits per heavy atom. The molecule has 0 aromatic heterocycles. The van der Waals surface area contributed by atoms with Crippen molar-refractivity contribution in [1.29, 1.82) is 0 Å². The quantitative estimate of drug-likeness (QED) is 0.342. The molecule has 0 aromatic rings. The Labute approximate surface area is 53.5 Å². The van der Waals surface area contributed by atoms with Crippen molar-refractivity contribution in [2.75, 3.05) is 0 Å². The SMILES string of the molecule is C/C=C(/N)C(=O)NS. The first-order valence-corrected chi connectivity index (χ1v) is 2.53. The molecule has 4 heteroatoms. The van der Waals surface area contributed by atoms with Crippen molar-refractivity contribution in [2.45, 2.75) is 6.92 Å². The van der Waals surface area contributed by atoms with Crippen LogP contribution in [0.2, 0.25) is 0 Å². The van der Waals surface area contributed by atoms with Gasteiger partial charge in [0.1, 0.15) is 0 Å². The summed E-state index contributed by atoms with van der Waals surface area (Å²) < 4.78 is 2.08. The molecular weight excluding hydrogens is 124 g/mol.